The molecule has 2 saturated carbocycles. The van der Waals surface area contributed by atoms with Gasteiger partial charge in [0.05, 0.1) is 0 Å². The zero-order chi connectivity index (χ0) is 20.7. The predicted molar refractivity (Wildman–Crippen MR) is 117 cm³/mol. The van der Waals surface area contributed by atoms with E-state index in [-0.39, 0.29) is 17.5 Å². The molecule has 0 bridgehead atoms. The Morgan fingerprint density at radius 3 is 2.77 bits per heavy atom. The van der Waals surface area contributed by atoms with E-state index >= 15 is 0 Å². The van der Waals surface area contributed by atoms with Crippen LogP contribution in [0.1, 0.15) is 68.1 Å². The molecule has 0 aromatic heterocycles. The zero-order valence-electron chi connectivity index (χ0n) is 17.8. The van der Waals surface area contributed by atoms with Crippen LogP contribution < -0.4 is 0 Å². The van der Waals surface area contributed by atoms with Gasteiger partial charge in [0.25, 0.3) is 0 Å². The normalized spacial score (nSPS) is 32.0. The van der Waals surface area contributed by atoms with Gasteiger partial charge < -0.3 is 9.84 Å². The van der Waals surface area contributed by atoms with Gasteiger partial charge in [-0.25, -0.2) is 0 Å². The first kappa shape index (κ1) is 19.7. The van der Waals surface area contributed by atoms with Crippen molar-refractivity contribution < 1.29 is 14.6 Å². The van der Waals surface area contributed by atoms with Gasteiger partial charge in [0.1, 0.15) is 11.9 Å². The molecule has 3 nitrogen and oxygen atoms in total. The molecule has 3 unspecified atom stereocenters. The number of ether oxygens (including phenoxy) is 1. The molecule has 3 heteroatoms. The number of hydrogen-bond acceptors (Lipinski definition) is 3. The van der Waals surface area contributed by atoms with Crippen LogP contribution in [0.15, 0.2) is 48.5 Å². The number of fused-ring (bicyclic) bond motifs is 5. The maximum Gasteiger partial charge on any atom is 0.306 e. The molecule has 0 amide bonds. The average molecular weight is 405 g/mol. The molecule has 0 spiro atoms. The molecule has 3 aliphatic carbocycles. The Morgan fingerprint density at radius 1 is 1.10 bits per heavy atom. The van der Waals surface area contributed by atoms with Gasteiger partial charge in [-0.15, -0.1) is 0 Å². The minimum absolute atomic E-state index is 0.0442. The molecule has 5 rings (SSSR count). The number of hydrogen-bond donors (Lipinski definition) is 1. The van der Waals surface area contributed by atoms with Crippen molar-refractivity contribution in [1.29, 1.82) is 0 Å². The van der Waals surface area contributed by atoms with Crippen LogP contribution in [0, 0.1) is 17.3 Å². The van der Waals surface area contributed by atoms with Gasteiger partial charge in [-0.2, -0.15) is 0 Å². The lowest BCUT2D eigenvalue weighted by Crippen LogP contribution is -2.45. The zero-order valence-corrected chi connectivity index (χ0v) is 17.8. The lowest BCUT2D eigenvalue weighted by Gasteiger charge is -2.50. The molecule has 0 radical (unpaired) electrons. The first-order valence-corrected chi connectivity index (χ1v) is 11.6. The van der Waals surface area contributed by atoms with Crippen molar-refractivity contribution in [2.24, 2.45) is 17.3 Å². The van der Waals surface area contributed by atoms with Crippen molar-refractivity contribution >= 4 is 5.97 Å². The van der Waals surface area contributed by atoms with Crippen molar-refractivity contribution in [3.63, 3.8) is 0 Å². The third kappa shape index (κ3) is 3.42. The lowest BCUT2D eigenvalue weighted by atomic mass is 9.55. The first-order chi connectivity index (χ1) is 14.5. The number of esters is 1. The average Bonchev–Trinajstić information content (AvgIpc) is 3.09. The Kier molecular flexibility index (Phi) is 5.08. The highest BCUT2D eigenvalue weighted by atomic mass is 16.5. The van der Waals surface area contributed by atoms with Gasteiger partial charge in [-0.05, 0) is 91.5 Å². The summed E-state index contributed by atoms with van der Waals surface area (Å²) in [6.07, 6.45) is 7.97. The fraction of sp³-hybridized carbons (Fsp3) is 0.519. The molecule has 0 heterocycles. The van der Waals surface area contributed by atoms with E-state index in [1.165, 1.54) is 29.5 Å². The lowest BCUT2D eigenvalue weighted by molar-refractivity contribution is -0.157. The van der Waals surface area contributed by atoms with Gasteiger partial charge in [0, 0.05) is 11.8 Å². The van der Waals surface area contributed by atoms with E-state index in [2.05, 4.69) is 25.1 Å². The Labute approximate surface area is 179 Å². The molecule has 2 fully saturated rings. The van der Waals surface area contributed by atoms with Gasteiger partial charge in [-0.3, -0.25) is 4.79 Å². The van der Waals surface area contributed by atoms with Crippen LogP contribution >= 0.6 is 0 Å². The van der Waals surface area contributed by atoms with Crippen molar-refractivity contribution in [2.75, 3.05) is 0 Å². The second-order valence-corrected chi connectivity index (χ2v) is 9.88. The summed E-state index contributed by atoms with van der Waals surface area (Å²) >= 11 is 0. The number of rotatable bonds is 4. The van der Waals surface area contributed by atoms with Crippen molar-refractivity contribution in [3.8, 4) is 5.75 Å². The van der Waals surface area contributed by atoms with Crippen LogP contribution in [0.25, 0.3) is 0 Å². The molecule has 2 aromatic carbocycles. The molecule has 3 aliphatic rings. The van der Waals surface area contributed by atoms with Crippen molar-refractivity contribution in [1.82, 2.24) is 0 Å². The van der Waals surface area contributed by atoms with E-state index in [4.69, 9.17) is 4.74 Å². The molecule has 2 aromatic rings. The first-order valence-electron chi connectivity index (χ1n) is 11.6. The Balaban J connectivity index is 1.26. The van der Waals surface area contributed by atoms with Gasteiger partial charge >= 0.3 is 5.97 Å². The number of phenolic OH excluding ortho intramolecular Hbond substituents is 1. The largest absolute Gasteiger partial charge is 0.508 e. The highest BCUT2D eigenvalue weighted by molar-refractivity contribution is 5.70. The number of aromatic hydroxyl groups is 1. The number of carbonyl (C=O) groups excluding carboxylic acids is 1. The highest BCUT2D eigenvalue weighted by Crippen LogP contribution is 2.61. The summed E-state index contributed by atoms with van der Waals surface area (Å²) in [5.74, 6) is 2.24. The van der Waals surface area contributed by atoms with E-state index in [1.54, 1.807) is 0 Å². The Hall–Kier alpha value is -2.29. The minimum Gasteiger partial charge on any atom is -0.508 e. The maximum atomic E-state index is 12.6. The Morgan fingerprint density at radius 2 is 1.93 bits per heavy atom. The van der Waals surface area contributed by atoms with Crippen LogP contribution in [-0.2, 0) is 22.4 Å². The summed E-state index contributed by atoms with van der Waals surface area (Å²) < 4.78 is 6.10. The molecule has 158 valence electrons. The molecule has 0 saturated heterocycles. The Bertz CT molecular complexity index is 921. The van der Waals surface area contributed by atoms with Crippen molar-refractivity contribution in [2.45, 2.75) is 70.3 Å². The quantitative estimate of drug-likeness (QED) is 0.656. The summed E-state index contributed by atoms with van der Waals surface area (Å²) in [6.45, 7) is 2.38. The number of aryl methyl sites for hydroxylation is 2. The van der Waals surface area contributed by atoms with Crippen LogP contribution in [-0.4, -0.2) is 17.2 Å². The molecule has 0 aliphatic heterocycles. The maximum absolute atomic E-state index is 12.6. The van der Waals surface area contributed by atoms with Gasteiger partial charge in [0.15, 0.2) is 0 Å². The molecule has 1 N–H and O–H groups in total. The number of phenols is 1. The molecular weight excluding hydrogens is 372 g/mol. The smallest absolute Gasteiger partial charge is 0.306 e. The monoisotopic (exact) mass is 404 g/mol. The number of benzene rings is 2. The molecular formula is C27H32O3. The van der Waals surface area contributed by atoms with Crippen LogP contribution in [0.3, 0.4) is 0 Å². The van der Waals surface area contributed by atoms with Crippen LogP contribution in [0.5, 0.6) is 5.75 Å². The third-order valence-corrected chi connectivity index (χ3v) is 8.36. The summed E-state index contributed by atoms with van der Waals surface area (Å²) in [6, 6.07) is 16.2. The highest BCUT2D eigenvalue weighted by Gasteiger charge is 2.56. The summed E-state index contributed by atoms with van der Waals surface area (Å²) in [7, 11) is 0. The van der Waals surface area contributed by atoms with Crippen LogP contribution in [0.2, 0.25) is 0 Å². The minimum atomic E-state index is -0.0442. The topological polar surface area (TPSA) is 46.5 Å². The van der Waals surface area contributed by atoms with E-state index in [0.717, 1.165) is 32.1 Å². The van der Waals surface area contributed by atoms with Crippen LogP contribution in [0.4, 0.5) is 0 Å². The fourth-order valence-electron chi connectivity index (χ4n) is 6.82. The second-order valence-electron chi connectivity index (χ2n) is 9.88. The molecule has 30 heavy (non-hydrogen) atoms. The third-order valence-electron chi connectivity index (χ3n) is 8.36. The van der Waals surface area contributed by atoms with Gasteiger partial charge in [0.2, 0.25) is 0 Å². The van der Waals surface area contributed by atoms with E-state index < -0.39 is 0 Å². The van der Waals surface area contributed by atoms with Crippen molar-refractivity contribution in [3.05, 3.63) is 65.2 Å². The predicted octanol–water partition coefficient (Wildman–Crippen LogP) is 5.79. The standard InChI is InChI=1S/C27H32O3/c1-27-16-15-22-21-11-9-20(28)17-19(21)8-10-23(22)24(27)12-13-25(27)30-26(29)14-7-18-5-3-2-4-6-18/h2-6,9,11,17,22-25,28H,7-8,10,12-16H2,1H3/t22?,23?,24?,25-,27-/m0/s1. The van der Waals surface area contributed by atoms with Gasteiger partial charge in [-0.1, -0.05) is 43.3 Å². The molecule has 5 atom stereocenters. The summed E-state index contributed by atoms with van der Waals surface area (Å²) in [5, 5.41) is 9.86. The van der Waals surface area contributed by atoms with E-state index in [0.29, 0.717) is 29.9 Å². The van der Waals surface area contributed by atoms with E-state index in [9.17, 15) is 9.90 Å². The summed E-state index contributed by atoms with van der Waals surface area (Å²) in [4.78, 5) is 12.6. The summed E-state index contributed by atoms with van der Waals surface area (Å²) in [5.41, 5.74) is 4.09. The second kappa shape index (κ2) is 7.76. The van der Waals surface area contributed by atoms with E-state index in [1.807, 2.05) is 30.3 Å². The number of carbonyl (C=O) groups is 1. The fourth-order valence-corrected chi connectivity index (χ4v) is 6.82. The SMILES string of the molecule is C[C@]12CCC3c4ccc(O)cc4CCC3C1CC[C@@H]2OC(=O)CCc1ccccc1.